The zero-order valence-corrected chi connectivity index (χ0v) is 10.3. The maximum atomic E-state index is 5.47. The molecule has 0 bridgehead atoms. The number of unbranched alkanes of at least 4 members (excludes halogenated alkanes) is 1. The molecule has 0 aliphatic heterocycles. The van der Waals surface area contributed by atoms with Gasteiger partial charge in [-0.3, -0.25) is 4.98 Å². The molecule has 0 aliphatic rings. The first-order valence-electron chi connectivity index (χ1n) is 5.54. The molecule has 0 spiro atoms. The van der Waals surface area contributed by atoms with E-state index in [1.165, 1.54) is 11.3 Å². The van der Waals surface area contributed by atoms with Gasteiger partial charge in [-0.2, -0.15) is 0 Å². The lowest BCUT2D eigenvalue weighted by Crippen LogP contribution is -2.22. The summed E-state index contributed by atoms with van der Waals surface area (Å²) in [5.41, 5.74) is 1.87. The van der Waals surface area contributed by atoms with E-state index in [9.17, 15) is 0 Å². The summed E-state index contributed by atoms with van der Waals surface area (Å²) in [5.74, 6) is 0. The van der Waals surface area contributed by atoms with Crippen LogP contribution in [-0.2, 0) is 4.74 Å². The molecule has 0 amide bonds. The fourth-order valence-corrected chi connectivity index (χ4v) is 1.89. The third-order valence-electron chi connectivity index (χ3n) is 2.22. The van der Waals surface area contributed by atoms with Crippen LogP contribution in [0.4, 0.5) is 0 Å². The molecule has 1 unspecified atom stereocenters. The lowest BCUT2D eigenvalue weighted by atomic mass is 10.3. The summed E-state index contributed by atoms with van der Waals surface area (Å²) in [6, 6.07) is 0.382. The van der Waals surface area contributed by atoms with E-state index in [1.54, 1.807) is 11.3 Å². The Morgan fingerprint density at radius 1 is 1.53 bits per heavy atom. The zero-order valence-electron chi connectivity index (χ0n) is 9.53. The van der Waals surface area contributed by atoms with E-state index in [0.717, 1.165) is 26.2 Å². The summed E-state index contributed by atoms with van der Waals surface area (Å²) < 4.78 is 5.47. The lowest BCUT2D eigenvalue weighted by Gasteiger charge is -2.11. The van der Waals surface area contributed by atoms with E-state index in [4.69, 9.17) is 4.74 Å². The summed E-state index contributed by atoms with van der Waals surface area (Å²) >= 11 is 1.69. The van der Waals surface area contributed by atoms with E-state index in [-0.39, 0.29) is 0 Å². The Morgan fingerprint density at radius 2 is 2.40 bits per heavy atom. The van der Waals surface area contributed by atoms with Gasteiger partial charge in [0.25, 0.3) is 0 Å². The summed E-state index contributed by atoms with van der Waals surface area (Å²) in [6.07, 6.45) is 4.27. The largest absolute Gasteiger partial charge is 0.380 e. The molecule has 0 radical (unpaired) electrons. The molecule has 1 heterocycles. The number of hydrogen-bond acceptors (Lipinski definition) is 4. The molecule has 86 valence electrons. The van der Waals surface area contributed by atoms with Gasteiger partial charge < -0.3 is 10.1 Å². The first-order chi connectivity index (χ1) is 7.34. The van der Waals surface area contributed by atoms with E-state index in [0.29, 0.717) is 6.04 Å². The predicted octanol–water partition coefficient (Wildman–Crippen LogP) is 2.61. The molecular weight excluding hydrogens is 208 g/mol. The summed E-state index contributed by atoms with van der Waals surface area (Å²) in [6.45, 7) is 6.91. The van der Waals surface area contributed by atoms with Crippen molar-refractivity contribution in [1.82, 2.24) is 10.3 Å². The van der Waals surface area contributed by atoms with Crippen molar-refractivity contribution in [2.45, 2.75) is 32.7 Å². The van der Waals surface area contributed by atoms with Gasteiger partial charge >= 0.3 is 0 Å². The van der Waals surface area contributed by atoms with E-state index >= 15 is 0 Å². The van der Waals surface area contributed by atoms with Crippen molar-refractivity contribution in [3.63, 3.8) is 0 Å². The molecule has 4 heteroatoms. The molecule has 0 fully saturated rings. The van der Waals surface area contributed by atoms with Crippen molar-refractivity contribution in [3.8, 4) is 0 Å². The highest BCUT2D eigenvalue weighted by Gasteiger charge is 2.04. The minimum absolute atomic E-state index is 0.382. The van der Waals surface area contributed by atoms with Crippen LogP contribution in [0.3, 0.4) is 0 Å². The molecule has 0 aromatic carbocycles. The Morgan fingerprint density at radius 3 is 3.07 bits per heavy atom. The molecular formula is C11H20N2OS. The highest BCUT2D eigenvalue weighted by Crippen LogP contribution is 2.15. The number of ether oxygens (including phenoxy) is 1. The van der Waals surface area contributed by atoms with Crippen LogP contribution in [0, 0.1) is 0 Å². The van der Waals surface area contributed by atoms with E-state index < -0.39 is 0 Å². The van der Waals surface area contributed by atoms with Gasteiger partial charge in [0.05, 0.1) is 12.1 Å². The standard InChI is InChI=1S/C11H20N2OS/c1-3-4-6-14-7-5-13-10(2)11-8-12-9-15-11/h8-10,13H,3-7H2,1-2H3. The predicted molar refractivity (Wildman–Crippen MR) is 64.3 cm³/mol. The van der Waals surface area contributed by atoms with Crippen LogP contribution in [0.15, 0.2) is 11.7 Å². The van der Waals surface area contributed by atoms with Gasteiger partial charge in [-0.25, -0.2) is 0 Å². The maximum absolute atomic E-state index is 5.47. The van der Waals surface area contributed by atoms with Crippen LogP contribution in [0.2, 0.25) is 0 Å². The lowest BCUT2D eigenvalue weighted by molar-refractivity contribution is 0.131. The third-order valence-corrected chi connectivity index (χ3v) is 3.18. The average Bonchev–Trinajstić information content (AvgIpc) is 2.76. The van der Waals surface area contributed by atoms with Crippen LogP contribution in [0.1, 0.15) is 37.6 Å². The number of nitrogens with one attached hydrogen (secondary N) is 1. The summed E-state index contributed by atoms with van der Waals surface area (Å²) in [4.78, 5) is 5.34. The highest BCUT2D eigenvalue weighted by molar-refractivity contribution is 7.09. The van der Waals surface area contributed by atoms with Crippen LogP contribution in [0.5, 0.6) is 0 Å². The van der Waals surface area contributed by atoms with Gasteiger partial charge in [0, 0.05) is 30.3 Å². The van der Waals surface area contributed by atoms with Crippen molar-refractivity contribution in [3.05, 3.63) is 16.6 Å². The first-order valence-corrected chi connectivity index (χ1v) is 6.42. The van der Waals surface area contributed by atoms with Gasteiger partial charge in [0.15, 0.2) is 0 Å². The summed E-state index contributed by atoms with van der Waals surface area (Å²) in [5, 5.41) is 3.41. The van der Waals surface area contributed by atoms with Crippen LogP contribution >= 0.6 is 11.3 Å². The third kappa shape index (κ3) is 5.25. The van der Waals surface area contributed by atoms with Gasteiger partial charge in [-0.1, -0.05) is 13.3 Å². The zero-order chi connectivity index (χ0) is 10.9. The number of nitrogens with zero attached hydrogens (tertiary/aromatic N) is 1. The minimum Gasteiger partial charge on any atom is -0.380 e. The Balaban J connectivity index is 2.00. The molecule has 1 rings (SSSR count). The number of thiazole rings is 1. The molecule has 1 atom stereocenters. The second kappa shape index (κ2) is 7.79. The fourth-order valence-electron chi connectivity index (χ4n) is 1.24. The SMILES string of the molecule is CCCCOCCNC(C)c1cncs1. The van der Waals surface area contributed by atoms with Gasteiger partial charge in [-0.15, -0.1) is 11.3 Å². The van der Waals surface area contributed by atoms with E-state index in [2.05, 4.69) is 24.1 Å². The number of rotatable bonds is 8. The Bertz CT molecular complexity index is 239. The molecule has 0 aliphatic carbocycles. The fraction of sp³-hybridized carbons (Fsp3) is 0.727. The Kier molecular flexibility index (Phi) is 6.55. The molecule has 3 nitrogen and oxygen atoms in total. The van der Waals surface area contributed by atoms with E-state index in [1.807, 2.05) is 11.7 Å². The molecule has 1 aromatic rings. The van der Waals surface area contributed by atoms with Crippen molar-refractivity contribution < 1.29 is 4.74 Å². The van der Waals surface area contributed by atoms with Crippen molar-refractivity contribution in [2.24, 2.45) is 0 Å². The number of aromatic nitrogens is 1. The molecule has 15 heavy (non-hydrogen) atoms. The quantitative estimate of drug-likeness (QED) is 0.694. The Labute approximate surface area is 95.9 Å². The number of hydrogen-bond donors (Lipinski definition) is 1. The van der Waals surface area contributed by atoms with Crippen molar-refractivity contribution in [2.75, 3.05) is 19.8 Å². The maximum Gasteiger partial charge on any atom is 0.0794 e. The smallest absolute Gasteiger partial charge is 0.0794 e. The normalized spacial score (nSPS) is 12.9. The van der Waals surface area contributed by atoms with Gasteiger partial charge in [-0.05, 0) is 13.3 Å². The highest BCUT2D eigenvalue weighted by atomic mass is 32.1. The van der Waals surface area contributed by atoms with Crippen LogP contribution in [0.25, 0.3) is 0 Å². The summed E-state index contributed by atoms with van der Waals surface area (Å²) in [7, 11) is 0. The second-order valence-electron chi connectivity index (χ2n) is 3.55. The molecule has 0 saturated heterocycles. The topological polar surface area (TPSA) is 34.1 Å². The van der Waals surface area contributed by atoms with Crippen molar-refractivity contribution in [1.29, 1.82) is 0 Å². The van der Waals surface area contributed by atoms with Crippen LogP contribution in [-0.4, -0.2) is 24.7 Å². The Hall–Kier alpha value is -0.450. The average molecular weight is 228 g/mol. The van der Waals surface area contributed by atoms with Crippen LogP contribution < -0.4 is 5.32 Å². The molecule has 1 aromatic heterocycles. The minimum atomic E-state index is 0.382. The van der Waals surface area contributed by atoms with Crippen molar-refractivity contribution >= 4 is 11.3 Å². The van der Waals surface area contributed by atoms with Gasteiger partial charge in [0.2, 0.25) is 0 Å². The second-order valence-corrected chi connectivity index (χ2v) is 4.46. The monoisotopic (exact) mass is 228 g/mol. The van der Waals surface area contributed by atoms with Gasteiger partial charge in [0.1, 0.15) is 0 Å². The molecule has 0 saturated carbocycles. The molecule has 1 N–H and O–H groups in total. The first kappa shape index (κ1) is 12.6.